The number of hydrogen-bond donors (Lipinski definition) is 0. The number of benzene rings is 1. The van der Waals surface area contributed by atoms with Crippen LogP contribution in [-0.4, -0.2) is 18.7 Å². The van der Waals surface area contributed by atoms with Gasteiger partial charge in [0.2, 0.25) is 0 Å². The molecule has 0 N–H and O–H groups in total. The number of carbonyl (C=O) groups excluding carboxylic acids is 1. The summed E-state index contributed by atoms with van der Waals surface area (Å²) in [6.07, 6.45) is 0. The summed E-state index contributed by atoms with van der Waals surface area (Å²) >= 11 is 3.37. The molecule has 0 saturated heterocycles. The highest BCUT2D eigenvalue weighted by Gasteiger charge is 2.21. The normalized spacial score (nSPS) is 11.2. The van der Waals surface area contributed by atoms with E-state index in [9.17, 15) is 4.79 Å². The third-order valence-corrected chi connectivity index (χ3v) is 2.81. The van der Waals surface area contributed by atoms with Crippen LogP contribution in [0, 0.1) is 6.92 Å². The van der Waals surface area contributed by atoms with Crippen LogP contribution < -0.4 is 4.74 Å². The van der Waals surface area contributed by atoms with Crippen molar-refractivity contribution in [3.05, 3.63) is 27.7 Å². The third kappa shape index (κ3) is 3.46. The highest BCUT2D eigenvalue weighted by atomic mass is 79.9. The van der Waals surface area contributed by atoms with Crippen molar-refractivity contribution in [2.24, 2.45) is 0 Å². The van der Waals surface area contributed by atoms with E-state index in [0.29, 0.717) is 11.3 Å². The Labute approximate surface area is 110 Å². The summed E-state index contributed by atoms with van der Waals surface area (Å²) in [5.74, 6) is 0.328. The van der Waals surface area contributed by atoms with E-state index >= 15 is 0 Å². The van der Waals surface area contributed by atoms with Crippen molar-refractivity contribution in [1.29, 1.82) is 0 Å². The van der Waals surface area contributed by atoms with Crippen LogP contribution in [0.2, 0.25) is 0 Å². The Morgan fingerprint density at radius 3 is 2.35 bits per heavy atom. The Hall–Kier alpha value is -1.03. The maximum Gasteiger partial charge on any atom is 0.339 e. The molecule has 3 nitrogen and oxygen atoms in total. The van der Waals surface area contributed by atoms with E-state index in [-0.39, 0.29) is 5.97 Å². The summed E-state index contributed by atoms with van der Waals surface area (Å²) in [7, 11) is 1.58. The van der Waals surface area contributed by atoms with Gasteiger partial charge in [-0.25, -0.2) is 4.79 Å². The van der Waals surface area contributed by atoms with Gasteiger partial charge in [-0.2, -0.15) is 0 Å². The summed E-state index contributed by atoms with van der Waals surface area (Å²) in [5.41, 5.74) is 0.806. The predicted molar refractivity (Wildman–Crippen MR) is 70.6 cm³/mol. The SMILES string of the molecule is COc1c(Br)ccc(C(=O)OC(C)(C)C)c1C. The Morgan fingerprint density at radius 1 is 1.29 bits per heavy atom. The minimum atomic E-state index is -0.496. The Morgan fingerprint density at radius 2 is 1.88 bits per heavy atom. The molecule has 94 valence electrons. The van der Waals surface area contributed by atoms with Gasteiger partial charge in [0.25, 0.3) is 0 Å². The topological polar surface area (TPSA) is 35.5 Å². The van der Waals surface area contributed by atoms with Crippen LogP contribution in [0.4, 0.5) is 0 Å². The standard InChI is InChI=1S/C13H17BrO3/c1-8-9(12(15)17-13(2,3)4)6-7-10(14)11(8)16-5/h6-7H,1-5H3. The number of esters is 1. The average molecular weight is 301 g/mol. The maximum absolute atomic E-state index is 12.0. The van der Waals surface area contributed by atoms with Gasteiger partial charge in [-0.1, -0.05) is 0 Å². The lowest BCUT2D eigenvalue weighted by molar-refractivity contribution is 0.00683. The van der Waals surface area contributed by atoms with Gasteiger partial charge in [-0.15, -0.1) is 0 Å². The molecule has 0 spiro atoms. The zero-order valence-corrected chi connectivity index (χ0v) is 12.3. The van der Waals surface area contributed by atoms with Gasteiger partial charge in [0, 0.05) is 5.56 Å². The first-order valence-corrected chi connectivity index (χ1v) is 6.12. The number of carbonyl (C=O) groups is 1. The first-order chi connectivity index (χ1) is 7.76. The average Bonchev–Trinajstić information content (AvgIpc) is 2.15. The van der Waals surface area contributed by atoms with Gasteiger partial charge in [-0.3, -0.25) is 0 Å². The quantitative estimate of drug-likeness (QED) is 0.781. The second-order valence-corrected chi connectivity index (χ2v) is 5.61. The fourth-order valence-electron chi connectivity index (χ4n) is 1.46. The molecule has 0 bridgehead atoms. The largest absolute Gasteiger partial charge is 0.495 e. The zero-order valence-electron chi connectivity index (χ0n) is 10.8. The van der Waals surface area contributed by atoms with E-state index in [0.717, 1.165) is 10.0 Å². The van der Waals surface area contributed by atoms with Gasteiger partial charge in [-0.05, 0) is 55.8 Å². The fourth-order valence-corrected chi connectivity index (χ4v) is 2.05. The van der Waals surface area contributed by atoms with E-state index in [4.69, 9.17) is 9.47 Å². The van der Waals surface area contributed by atoms with Gasteiger partial charge in [0.05, 0.1) is 17.1 Å². The minimum Gasteiger partial charge on any atom is -0.495 e. The van der Waals surface area contributed by atoms with Crippen LogP contribution >= 0.6 is 15.9 Å². The number of hydrogen-bond acceptors (Lipinski definition) is 3. The monoisotopic (exact) mass is 300 g/mol. The predicted octanol–water partition coefficient (Wildman–Crippen LogP) is 3.72. The van der Waals surface area contributed by atoms with Gasteiger partial charge in [0.1, 0.15) is 11.4 Å². The van der Waals surface area contributed by atoms with Crippen LogP contribution in [0.15, 0.2) is 16.6 Å². The van der Waals surface area contributed by atoms with Crippen LogP contribution in [0.3, 0.4) is 0 Å². The van der Waals surface area contributed by atoms with E-state index in [1.807, 2.05) is 27.7 Å². The van der Waals surface area contributed by atoms with E-state index in [1.165, 1.54) is 0 Å². The zero-order chi connectivity index (χ0) is 13.2. The molecule has 0 aliphatic heterocycles. The van der Waals surface area contributed by atoms with E-state index in [1.54, 1.807) is 19.2 Å². The second kappa shape index (κ2) is 5.08. The molecule has 1 aromatic carbocycles. The molecule has 0 fully saturated rings. The molecule has 17 heavy (non-hydrogen) atoms. The molecule has 0 heterocycles. The first-order valence-electron chi connectivity index (χ1n) is 5.32. The van der Waals surface area contributed by atoms with Crippen molar-refractivity contribution in [1.82, 2.24) is 0 Å². The number of ether oxygens (including phenoxy) is 2. The highest BCUT2D eigenvalue weighted by Crippen LogP contribution is 2.31. The van der Waals surface area contributed by atoms with Crippen molar-refractivity contribution < 1.29 is 14.3 Å². The second-order valence-electron chi connectivity index (χ2n) is 4.76. The maximum atomic E-state index is 12.0. The van der Waals surface area contributed by atoms with Crippen LogP contribution in [0.1, 0.15) is 36.7 Å². The molecule has 1 aromatic rings. The smallest absolute Gasteiger partial charge is 0.339 e. The van der Waals surface area contributed by atoms with Crippen molar-refractivity contribution >= 4 is 21.9 Å². The Balaban J connectivity index is 3.12. The van der Waals surface area contributed by atoms with E-state index in [2.05, 4.69) is 15.9 Å². The minimum absolute atomic E-state index is 0.333. The number of methoxy groups -OCH3 is 1. The Bertz CT molecular complexity index is 433. The van der Waals surface area contributed by atoms with Crippen molar-refractivity contribution in [2.45, 2.75) is 33.3 Å². The van der Waals surface area contributed by atoms with Crippen molar-refractivity contribution in [2.75, 3.05) is 7.11 Å². The van der Waals surface area contributed by atoms with Crippen LogP contribution in [0.5, 0.6) is 5.75 Å². The summed E-state index contributed by atoms with van der Waals surface area (Å²) in [6.45, 7) is 7.37. The molecular formula is C13H17BrO3. The van der Waals surface area contributed by atoms with Gasteiger partial charge < -0.3 is 9.47 Å². The van der Waals surface area contributed by atoms with Gasteiger partial charge in [0.15, 0.2) is 0 Å². The van der Waals surface area contributed by atoms with Crippen molar-refractivity contribution in [3.63, 3.8) is 0 Å². The first kappa shape index (κ1) is 14.0. The molecule has 0 amide bonds. The summed E-state index contributed by atoms with van der Waals surface area (Å²) in [5, 5.41) is 0. The van der Waals surface area contributed by atoms with Crippen LogP contribution in [-0.2, 0) is 4.74 Å². The molecule has 0 unspecified atom stereocenters. The molecule has 1 rings (SSSR count). The fraction of sp³-hybridized carbons (Fsp3) is 0.462. The summed E-state index contributed by atoms with van der Waals surface area (Å²) in [4.78, 5) is 12.0. The summed E-state index contributed by atoms with van der Waals surface area (Å²) < 4.78 is 11.4. The number of rotatable bonds is 2. The highest BCUT2D eigenvalue weighted by molar-refractivity contribution is 9.10. The lowest BCUT2D eigenvalue weighted by Gasteiger charge is -2.20. The molecule has 0 radical (unpaired) electrons. The van der Waals surface area contributed by atoms with E-state index < -0.39 is 5.60 Å². The lowest BCUT2D eigenvalue weighted by atomic mass is 10.1. The molecule has 0 saturated carbocycles. The number of halogens is 1. The van der Waals surface area contributed by atoms with Gasteiger partial charge >= 0.3 is 5.97 Å². The molecule has 0 aliphatic rings. The molecular weight excluding hydrogens is 284 g/mol. The molecule has 0 aromatic heterocycles. The third-order valence-electron chi connectivity index (χ3n) is 2.18. The van der Waals surface area contributed by atoms with Crippen LogP contribution in [0.25, 0.3) is 0 Å². The Kier molecular flexibility index (Phi) is 4.20. The molecule has 4 heteroatoms. The lowest BCUT2D eigenvalue weighted by Crippen LogP contribution is -2.24. The molecule has 0 aliphatic carbocycles. The molecule has 0 atom stereocenters. The van der Waals surface area contributed by atoms with Crippen molar-refractivity contribution in [3.8, 4) is 5.75 Å². The summed E-state index contributed by atoms with van der Waals surface area (Å²) in [6, 6.07) is 3.51.